The van der Waals surface area contributed by atoms with Crippen molar-refractivity contribution in [1.82, 2.24) is 19.6 Å². The number of hydrogen-bond donors (Lipinski definition) is 1. The molecular formula is C13H10Cl3N5. The lowest BCUT2D eigenvalue weighted by atomic mass is 10.1. The number of nitrogens with one attached hydrogen (secondary N) is 1. The van der Waals surface area contributed by atoms with Crippen LogP contribution in [0.25, 0.3) is 5.78 Å². The van der Waals surface area contributed by atoms with Gasteiger partial charge < -0.3 is 5.32 Å². The summed E-state index contributed by atoms with van der Waals surface area (Å²) in [4.78, 5) is 8.10. The molecule has 0 aliphatic heterocycles. The quantitative estimate of drug-likeness (QED) is 0.723. The zero-order valence-electron chi connectivity index (χ0n) is 10.9. The predicted molar refractivity (Wildman–Crippen MR) is 84.3 cm³/mol. The molecule has 5 nitrogen and oxygen atoms in total. The van der Waals surface area contributed by atoms with Crippen molar-refractivity contribution in [2.45, 2.75) is 13.0 Å². The van der Waals surface area contributed by atoms with Gasteiger partial charge in [-0.2, -0.15) is 19.6 Å². The number of nitrogens with zero attached hydrogens (tertiary/aromatic N) is 4. The number of benzene rings is 1. The molecule has 108 valence electrons. The SMILES string of the molecule is C[C@@H](Nc1cc(Cl)nc2ncnn12)c1ccc(Cl)cc1Cl. The third-order valence-corrected chi connectivity index (χ3v) is 3.77. The molecular weight excluding hydrogens is 333 g/mol. The van der Waals surface area contributed by atoms with Gasteiger partial charge in [0.15, 0.2) is 0 Å². The molecule has 0 fully saturated rings. The number of halogens is 3. The molecule has 0 amide bonds. The van der Waals surface area contributed by atoms with Gasteiger partial charge in [0, 0.05) is 16.1 Å². The van der Waals surface area contributed by atoms with Crippen molar-refractivity contribution in [3.8, 4) is 0 Å². The van der Waals surface area contributed by atoms with Gasteiger partial charge in [-0.15, -0.1) is 0 Å². The first-order valence-corrected chi connectivity index (χ1v) is 7.26. The first kappa shape index (κ1) is 14.4. The highest BCUT2D eigenvalue weighted by Gasteiger charge is 2.13. The van der Waals surface area contributed by atoms with Gasteiger partial charge in [0.25, 0.3) is 5.78 Å². The number of anilines is 1. The zero-order chi connectivity index (χ0) is 15.0. The van der Waals surface area contributed by atoms with Crippen molar-refractivity contribution in [3.63, 3.8) is 0 Å². The minimum absolute atomic E-state index is 0.0689. The first-order chi connectivity index (χ1) is 10.0. The summed E-state index contributed by atoms with van der Waals surface area (Å²) in [5, 5.41) is 8.94. The lowest BCUT2D eigenvalue weighted by Crippen LogP contribution is -2.11. The Hall–Kier alpha value is -1.56. The van der Waals surface area contributed by atoms with E-state index in [1.165, 1.54) is 6.33 Å². The average molecular weight is 343 g/mol. The maximum Gasteiger partial charge on any atom is 0.255 e. The van der Waals surface area contributed by atoms with Gasteiger partial charge >= 0.3 is 0 Å². The molecule has 0 unspecified atom stereocenters. The van der Waals surface area contributed by atoms with Gasteiger partial charge in [0.1, 0.15) is 17.3 Å². The fraction of sp³-hybridized carbons (Fsp3) is 0.154. The largest absolute Gasteiger partial charge is 0.363 e. The highest BCUT2D eigenvalue weighted by atomic mass is 35.5. The summed E-state index contributed by atoms with van der Waals surface area (Å²) in [5.74, 6) is 1.11. The van der Waals surface area contributed by atoms with Crippen molar-refractivity contribution in [2.75, 3.05) is 5.32 Å². The highest BCUT2D eigenvalue weighted by Crippen LogP contribution is 2.28. The zero-order valence-corrected chi connectivity index (χ0v) is 13.2. The molecule has 3 rings (SSSR count). The Bertz CT molecular complexity index is 802. The maximum absolute atomic E-state index is 6.22. The van der Waals surface area contributed by atoms with Crippen LogP contribution in [0.3, 0.4) is 0 Å². The second-order valence-electron chi connectivity index (χ2n) is 4.47. The van der Waals surface area contributed by atoms with E-state index in [4.69, 9.17) is 34.8 Å². The molecule has 1 aromatic carbocycles. The Morgan fingerprint density at radius 1 is 1.19 bits per heavy atom. The molecule has 1 N–H and O–H groups in total. The normalized spacial score (nSPS) is 12.6. The van der Waals surface area contributed by atoms with E-state index < -0.39 is 0 Å². The van der Waals surface area contributed by atoms with Crippen LogP contribution in [-0.2, 0) is 0 Å². The van der Waals surface area contributed by atoms with Gasteiger partial charge in [-0.25, -0.2) is 0 Å². The van der Waals surface area contributed by atoms with Crippen LogP contribution >= 0.6 is 34.8 Å². The Morgan fingerprint density at radius 3 is 2.76 bits per heavy atom. The molecule has 0 aliphatic carbocycles. The molecule has 0 radical (unpaired) electrons. The van der Waals surface area contributed by atoms with Crippen LogP contribution in [0.15, 0.2) is 30.6 Å². The Kier molecular flexibility index (Phi) is 3.89. The van der Waals surface area contributed by atoms with E-state index in [0.717, 1.165) is 5.56 Å². The monoisotopic (exact) mass is 341 g/mol. The fourth-order valence-corrected chi connectivity index (χ4v) is 2.79. The van der Waals surface area contributed by atoms with Gasteiger partial charge in [0.05, 0.1) is 6.04 Å². The predicted octanol–water partition coefficient (Wildman–Crippen LogP) is 4.26. The van der Waals surface area contributed by atoms with E-state index in [-0.39, 0.29) is 6.04 Å². The summed E-state index contributed by atoms with van der Waals surface area (Å²) < 4.78 is 1.58. The number of rotatable bonds is 3. The molecule has 21 heavy (non-hydrogen) atoms. The number of fused-ring (bicyclic) bond motifs is 1. The van der Waals surface area contributed by atoms with E-state index in [2.05, 4.69) is 20.4 Å². The summed E-state index contributed by atoms with van der Waals surface area (Å²) in [6.45, 7) is 1.98. The molecule has 0 spiro atoms. The van der Waals surface area contributed by atoms with Gasteiger partial charge in [-0.05, 0) is 24.6 Å². The molecule has 8 heteroatoms. The Balaban J connectivity index is 1.96. The minimum atomic E-state index is -0.0689. The molecule has 0 saturated carbocycles. The van der Waals surface area contributed by atoms with Crippen LogP contribution < -0.4 is 5.32 Å². The van der Waals surface area contributed by atoms with E-state index >= 15 is 0 Å². The molecule has 2 aromatic heterocycles. The van der Waals surface area contributed by atoms with Crippen LogP contribution in [0.2, 0.25) is 15.2 Å². The van der Waals surface area contributed by atoms with E-state index in [0.29, 0.717) is 26.8 Å². The van der Waals surface area contributed by atoms with Gasteiger partial charge in [-0.1, -0.05) is 40.9 Å². The molecule has 0 bridgehead atoms. The summed E-state index contributed by atoms with van der Waals surface area (Å²) >= 11 is 18.1. The third kappa shape index (κ3) is 2.90. The van der Waals surface area contributed by atoms with Gasteiger partial charge in [0.2, 0.25) is 0 Å². The summed E-state index contributed by atoms with van der Waals surface area (Å²) in [5.41, 5.74) is 0.919. The van der Waals surface area contributed by atoms with Crippen molar-refractivity contribution in [1.29, 1.82) is 0 Å². The molecule has 3 aromatic rings. The highest BCUT2D eigenvalue weighted by molar-refractivity contribution is 6.35. The van der Waals surface area contributed by atoms with E-state index in [1.807, 2.05) is 13.0 Å². The summed E-state index contributed by atoms with van der Waals surface area (Å²) in [6.07, 6.45) is 1.42. The van der Waals surface area contributed by atoms with Crippen molar-refractivity contribution < 1.29 is 0 Å². The second kappa shape index (κ2) is 5.67. The van der Waals surface area contributed by atoms with Crippen LogP contribution in [0.4, 0.5) is 5.82 Å². The summed E-state index contributed by atoms with van der Waals surface area (Å²) in [6, 6.07) is 7.00. The van der Waals surface area contributed by atoms with Gasteiger partial charge in [-0.3, -0.25) is 0 Å². The van der Waals surface area contributed by atoms with Crippen LogP contribution in [0, 0.1) is 0 Å². The standard InChI is InChI=1S/C13H10Cl3N5/c1-7(9-3-2-8(14)4-10(9)15)19-12-5-11(16)20-13-17-6-18-21(12)13/h2-7,19H,1H3/t7-/m1/s1. The van der Waals surface area contributed by atoms with E-state index in [1.54, 1.807) is 22.7 Å². The first-order valence-electron chi connectivity index (χ1n) is 6.12. The topological polar surface area (TPSA) is 55.1 Å². The van der Waals surface area contributed by atoms with Crippen LogP contribution in [0.1, 0.15) is 18.5 Å². The molecule has 0 saturated heterocycles. The number of hydrogen-bond acceptors (Lipinski definition) is 4. The van der Waals surface area contributed by atoms with E-state index in [9.17, 15) is 0 Å². The fourth-order valence-electron chi connectivity index (χ4n) is 2.04. The second-order valence-corrected chi connectivity index (χ2v) is 5.70. The smallest absolute Gasteiger partial charge is 0.255 e. The van der Waals surface area contributed by atoms with Crippen LogP contribution in [-0.4, -0.2) is 19.6 Å². The Labute approximate surface area is 135 Å². The van der Waals surface area contributed by atoms with Crippen molar-refractivity contribution >= 4 is 46.4 Å². The molecule has 2 heterocycles. The number of aromatic nitrogens is 4. The minimum Gasteiger partial charge on any atom is -0.363 e. The van der Waals surface area contributed by atoms with Crippen molar-refractivity contribution in [2.24, 2.45) is 0 Å². The summed E-state index contributed by atoms with van der Waals surface area (Å²) in [7, 11) is 0. The molecule has 1 atom stereocenters. The average Bonchev–Trinajstić information content (AvgIpc) is 2.86. The lowest BCUT2D eigenvalue weighted by molar-refractivity contribution is 0.841. The lowest BCUT2D eigenvalue weighted by Gasteiger charge is -2.17. The van der Waals surface area contributed by atoms with Crippen LogP contribution in [0.5, 0.6) is 0 Å². The molecule has 0 aliphatic rings. The van der Waals surface area contributed by atoms with Crippen molar-refractivity contribution in [3.05, 3.63) is 51.4 Å². The maximum atomic E-state index is 6.22. The Morgan fingerprint density at radius 2 is 2.00 bits per heavy atom. The third-order valence-electron chi connectivity index (χ3n) is 3.01.